The van der Waals surface area contributed by atoms with E-state index in [2.05, 4.69) is 15.6 Å². The Labute approximate surface area is 163 Å². The second-order valence-corrected chi connectivity index (χ2v) is 6.19. The van der Waals surface area contributed by atoms with Gasteiger partial charge in [-0.05, 0) is 49.4 Å². The highest BCUT2D eigenvalue weighted by molar-refractivity contribution is 5.95. The Morgan fingerprint density at radius 3 is 2.32 bits per heavy atom. The summed E-state index contributed by atoms with van der Waals surface area (Å²) in [6.45, 7) is 1.90. The molecule has 2 aromatic carbocycles. The molecule has 0 atom stereocenters. The van der Waals surface area contributed by atoms with Gasteiger partial charge in [0.15, 0.2) is 5.78 Å². The van der Waals surface area contributed by atoms with Crippen LogP contribution >= 0.6 is 0 Å². The molecule has 3 rings (SSSR count). The number of nitrogens with one attached hydrogen (secondary N) is 2. The van der Waals surface area contributed by atoms with Crippen LogP contribution in [0.2, 0.25) is 0 Å². The molecule has 0 radical (unpaired) electrons. The number of pyridine rings is 1. The molecule has 6 nitrogen and oxygen atoms in total. The van der Waals surface area contributed by atoms with Crippen molar-refractivity contribution >= 4 is 23.2 Å². The summed E-state index contributed by atoms with van der Waals surface area (Å²) in [5, 5.41) is 6.00. The van der Waals surface area contributed by atoms with Crippen LogP contribution in [0.5, 0.6) is 5.75 Å². The van der Waals surface area contributed by atoms with Crippen LogP contribution in [0.25, 0.3) is 0 Å². The molecule has 6 heteroatoms. The second kappa shape index (κ2) is 8.81. The predicted octanol–water partition coefficient (Wildman–Crippen LogP) is 3.97. The normalized spacial score (nSPS) is 10.2. The van der Waals surface area contributed by atoms with Crippen molar-refractivity contribution in [3.63, 3.8) is 0 Å². The first-order valence-corrected chi connectivity index (χ1v) is 8.81. The van der Waals surface area contributed by atoms with E-state index in [1.807, 2.05) is 36.4 Å². The van der Waals surface area contributed by atoms with E-state index in [-0.39, 0.29) is 11.7 Å². The van der Waals surface area contributed by atoms with Gasteiger partial charge in [0.2, 0.25) is 0 Å². The number of ketones is 1. The number of nitrogens with zero attached hydrogens (tertiary/aromatic N) is 1. The van der Waals surface area contributed by atoms with Crippen molar-refractivity contribution in [1.82, 2.24) is 10.3 Å². The van der Waals surface area contributed by atoms with E-state index in [0.29, 0.717) is 23.5 Å². The Bertz CT molecular complexity index is 967. The van der Waals surface area contributed by atoms with Crippen LogP contribution in [0.4, 0.5) is 11.5 Å². The smallest absolute Gasteiger partial charge is 0.253 e. The van der Waals surface area contributed by atoms with Gasteiger partial charge >= 0.3 is 0 Å². The van der Waals surface area contributed by atoms with Gasteiger partial charge in [0, 0.05) is 29.6 Å². The Morgan fingerprint density at radius 2 is 1.68 bits per heavy atom. The average molecular weight is 375 g/mol. The Kier molecular flexibility index (Phi) is 6.01. The average Bonchev–Trinajstić information content (AvgIpc) is 2.73. The number of hydrogen-bond donors (Lipinski definition) is 2. The molecule has 0 saturated heterocycles. The number of Topliss-reactive ketones (excluding diaryl/α,β-unsaturated/α-hetero) is 1. The minimum atomic E-state index is -0.212. The molecule has 1 heterocycles. The molecule has 3 aromatic rings. The van der Waals surface area contributed by atoms with E-state index in [0.717, 1.165) is 17.0 Å². The molecule has 0 fully saturated rings. The van der Waals surface area contributed by atoms with Gasteiger partial charge in [-0.25, -0.2) is 4.98 Å². The highest BCUT2D eigenvalue weighted by atomic mass is 16.5. The monoisotopic (exact) mass is 375 g/mol. The third-order valence-electron chi connectivity index (χ3n) is 4.22. The van der Waals surface area contributed by atoms with Gasteiger partial charge in [-0.3, -0.25) is 9.59 Å². The highest BCUT2D eigenvalue weighted by Crippen LogP contribution is 2.18. The number of amides is 1. The fourth-order valence-electron chi connectivity index (χ4n) is 2.66. The molecule has 0 aliphatic rings. The molecule has 0 aliphatic carbocycles. The largest absolute Gasteiger partial charge is 0.496 e. The summed E-state index contributed by atoms with van der Waals surface area (Å²) in [5.74, 6) is 1.15. The first-order chi connectivity index (χ1) is 13.6. The fraction of sp³-hybridized carbons (Fsp3) is 0.136. The van der Waals surface area contributed by atoms with Crippen molar-refractivity contribution in [3.8, 4) is 5.75 Å². The molecule has 0 aliphatic heterocycles. The van der Waals surface area contributed by atoms with Crippen LogP contribution in [0.15, 0.2) is 66.9 Å². The molecule has 0 bridgehead atoms. The topological polar surface area (TPSA) is 80.3 Å². The van der Waals surface area contributed by atoms with Gasteiger partial charge in [-0.15, -0.1) is 0 Å². The first kappa shape index (κ1) is 19.1. The van der Waals surface area contributed by atoms with Crippen molar-refractivity contribution in [2.75, 3.05) is 12.4 Å². The fourth-order valence-corrected chi connectivity index (χ4v) is 2.66. The number of rotatable bonds is 7. The summed E-state index contributed by atoms with van der Waals surface area (Å²) in [7, 11) is 1.60. The highest BCUT2D eigenvalue weighted by Gasteiger charge is 2.08. The molecular formula is C22H21N3O3. The van der Waals surface area contributed by atoms with E-state index >= 15 is 0 Å². The number of benzene rings is 2. The van der Waals surface area contributed by atoms with Gasteiger partial charge in [0.1, 0.15) is 11.6 Å². The zero-order chi connectivity index (χ0) is 19.9. The summed E-state index contributed by atoms with van der Waals surface area (Å²) in [5.41, 5.74) is 2.83. The second-order valence-electron chi connectivity index (χ2n) is 6.19. The summed E-state index contributed by atoms with van der Waals surface area (Å²) in [6, 6.07) is 18.1. The molecule has 2 N–H and O–H groups in total. The van der Waals surface area contributed by atoms with E-state index in [9.17, 15) is 9.59 Å². The van der Waals surface area contributed by atoms with Gasteiger partial charge in [0.05, 0.1) is 12.7 Å². The zero-order valence-electron chi connectivity index (χ0n) is 15.7. The van der Waals surface area contributed by atoms with Crippen LogP contribution in [0.1, 0.15) is 33.2 Å². The lowest BCUT2D eigenvalue weighted by Gasteiger charge is -2.10. The Balaban J connectivity index is 1.60. The van der Waals surface area contributed by atoms with Gasteiger partial charge in [-0.1, -0.05) is 18.2 Å². The number of methoxy groups -OCH3 is 1. The minimum absolute atomic E-state index is 0.0214. The third kappa shape index (κ3) is 4.73. The number of hydrogen-bond acceptors (Lipinski definition) is 5. The van der Waals surface area contributed by atoms with Gasteiger partial charge in [0.25, 0.3) is 5.91 Å². The standard InChI is InChI=1S/C22H21N3O3/c1-15(26)16-7-10-19(11-8-16)25-21-12-9-18(14-23-21)22(27)24-13-17-5-3-4-6-20(17)28-2/h3-12,14H,13H2,1-2H3,(H,23,25)(H,24,27). The summed E-state index contributed by atoms with van der Waals surface area (Å²) >= 11 is 0. The maximum atomic E-state index is 12.3. The molecule has 28 heavy (non-hydrogen) atoms. The SMILES string of the molecule is COc1ccccc1CNC(=O)c1ccc(Nc2ccc(C(C)=O)cc2)nc1. The molecule has 1 amide bonds. The number of ether oxygens (including phenoxy) is 1. The molecule has 1 aromatic heterocycles. The Hall–Kier alpha value is -3.67. The van der Waals surface area contributed by atoms with E-state index in [4.69, 9.17) is 4.74 Å². The molecule has 142 valence electrons. The number of anilines is 2. The number of carbonyl (C=O) groups is 2. The van der Waals surface area contributed by atoms with Crippen LogP contribution in [0.3, 0.4) is 0 Å². The third-order valence-corrected chi connectivity index (χ3v) is 4.22. The van der Waals surface area contributed by atoms with E-state index in [1.165, 1.54) is 13.1 Å². The summed E-state index contributed by atoms with van der Waals surface area (Å²) in [4.78, 5) is 27.9. The lowest BCUT2D eigenvalue weighted by molar-refractivity contribution is 0.0949. The summed E-state index contributed by atoms with van der Waals surface area (Å²) in [6.07, 6.45) is 1.52. The maximum Gasteiger partial charge on any atom is 0.253 e. The quantitative estimate of drug-likeness (QED) is 0.611. The first-order valence-electron chi connectivity index (χ1n) is 8.81. The number of carbonyl (C=O) groups excluding carboxylic acids is 2. The molecule has 0 spiro atoms. The number of para-hydroxylation sites is 1. The Morgan fingerprint density at radius 1 is 0.964 bits per heavy atom. The van der Waals surface area contributed by atoms with Crippen LogP contribution in [-0.4, -0.2) is 23.8 Å². The van der Waals surface area contributed by atoms with Crippen molar-refractivity contribution < 1.29 is 14.3 Å². The van der Waals surface area contributed by atoms with Crippen LogP contribution in [0, 0.1) is 0 Å². The van der Waals surface area contributed by atoms with Crippen LogP contribution < -0.4 is 15.4 Å². The van der Waals surface area contributed by atoms with Crippen LogP contribution in [-0.2, 0) is 6.54 Å². The predicted molar refractivity (Wildman–Crippen MR) is 108 cm³/mol. The van der Waals surface area contributed by atoms with Crippen molar-refractivity contribution in [3.05, 3.63) is 83.6 Å². The van der Waals surface area contributed by atoms with Crippen molar-refractivity contribution in [2.24, 2.45) is 0 Å². The van der Waals surface area contributed by atoms with Gasteiger partial charge in [-0.2, -0.15) is 0 Å². The zero-order valence-corrected chi connectivity index (χ0v) is 15.7. The molecule has 0 saturated carbocycles. The van der Waals surface area contributed by atoms with Gasteiger partial charge < -0.3 is 15.4 Å². The summed E-state index contributed by atoms with van der Waals surface area (Å²) < 4.78 is 5.29. The lowest BCUT2D eigenvalue weighted by atomic mass is 10.1. The van der Waals surface area contributed by atoms with Crippen molar-refractivity contribution in [1.29, 1.82) is 0 Å². The maximum absolute atomic E-state index is 12.3. The molecular weight excluding hydrogens is 354 g/mol. The lowest BCUT2D eigenvalue weighted by Crippen LogP contribution is -2.23. The van der Waals surface area contributed by atoms with E-state index < -0.39 is 0 Å². The van der Waals surface area contributed by atoms with Crippen molar-refractivity contribution in [2.45, 2.75) is 13.5 Å². The van der Waals surface area contributed by atoms with E-state index in [1.54, 1.807) is 31.4 Å². The minimum Gasteiger partial charge on any atom is -0.496 e. The number of aromatic nitrogens is 1. The molecule has 0 unspecified atom stereocenters.